The fraction of sp³-hybridized carbons (Fsp3) is 0.538. The van der Waals surface area contributed by atoms with Crippen LogP contribution in [0, 0.1) is 0 Å². The summed E-state index contributed by atoms with van der Waals surface area (Å²) in [6.45, 7) is 2.76. The predicted molar refractivity (Wildman–Crippen MR) is 76.6 cm³/mol. The van der Waals surface area contributed by atoms with Gasteiger partial charge in [-0.3, -0.25) is 0 Å². The summed E-state index contributed by atoms with van der Waals surface area (Å²) < 4.78 is 32.2. The Bertz CT molecular complexity index is 647. The molecule has 2 aliphatic heterocycles. The number of benzene rings is 1. The van der Waals surface area contributed by atoms with Crippen molar-refractivity contribution in [2.45, 2.75) is 36.8 Å². The molecule has 0 radical (unpaired) electrons. The third-order valence-electron chi connectivity index (χ3n) is 3.75. The summed E-state index contributed by atoms with van der Waals surface area (Å²) in [4.78, 5) is 0.230. The van der Waals surface area contributed by atoms with Crippen LogP contribution in [0.5, 0.6) is 5.75 Å². The van der Waals surface area contributed by atoms with Crippen LogP contribution in [-0.2, 0) is 16.4 Å². The minimum Gasteiger partial charge on any atom is -0.489 e. The second-order valence-corrected chi connectivity index (χ2v) is 7.78. The maximum atomic E-state index is 12.6. The van der Waals surface area contributed by atoms with Crippen molar-refractivity contribution < 1.29 is 13.2 Å². The third kappa shape index (κ3) is 2.30. The van der Waals surface area contributed by atoms with E-state index >= 15 is 0 Å². The average Bonchev–Trinajstić information content (AvgIpc) is 2.95. The summed E-state index contributed by atoms with van der Waals surface area (Å²) in [5.41, 5.74) is 6.64. The van der Waals surface area contributed by atoms with Crippen LogP contribution in [0.1, 0.15) is 18.9 Å². The fourth-order valence-corrected chi connectivity index (χ4v) is 4.67. The lowest BCUT2D eigenvalue weighted by Gasteiger charge is -2.17. The molecule has 1 aromatic rings. The zero-order valence-corrected chi connectivity index (χ0v) is 12.7. The van der Waals surface area contributed by atoms with Crippen LogP contribution in [0.15, 0.2) is 17.0 Å². The molecule has 2 atom stereocenters. The number of hydrogen-bond acceptors (Lipinski definition) is 4. The molecule has 2 heterocycles. The Kier molecular flexibility index (Phi) is 3.44. The number of halogens is 1. The van der Waals surface area contributed by atoms with Crippen molar-refractivity contribution in [3.63, 3.8) is 0 Å². The largest absolute Gasteiger partial charge is 0.489 e. The lowest BCUT2D eigenvalue weighted by Crippen LogP contribution is -2.32. The zero-order valence-electron chi connectivity index (χ0n) is 11.2. The van der Waals surface area contributed by atoms with Gasteiger partial charge in [0.05, 0.1) is 9.92 Å². The molecule has 0 spiro atoms. The average molecular weight is 317 g/mol. The summed E-state index contributed by atoms with van der Waals surface area (Å²) in [6, 6.07) is 3.06. The van der Waals surface area contributed by atoms with Crippen LogP contribution in [0.2, 0.25) is 5.02 Å². The molecule has 3 rings (SSSR count). The quantitative estimate of drug-likeness (QED) is 0.895. The van der Waals surface area contributed by atoms with Gasteiger partial charge in [-0.15, -0.1) is 0 Å². The molecule has 0 aliphatic carbocycles. The van der Waals surface area contributed by atoms with Crippen molar-refractivity contribution in [2.75, 3.05) is 13.1 Å². The number of nitrogens with zero attached hydrogens (tertiary/aromatic N) is 1. The molecule has 0 saturated carbocycles. The van der Waals surface area contributed by atoms with Gasteiger partial charge in [0.25, 0.3) is 0 Å². The summed E-state index contributed by atoms with van der Waals surface area (Å²) in [7, 11) is -3.52. The Balaban J connectivity index is 1.99. The normalized spacial score (nSPS) is 26.6. The summed E-state index contributed by atoms with van der Waals surface area (Å²) >= 11 is 6.15. The minimum atomic E-state index is -3.52. The van der Waals surface area contributed by atoms with Crippen molar-refractivity contribution >= 4 is 21.6 Å². The molecule has 2 aliphatic rings. The molecule has 20 heavy (non-hydrogen) atoms. The van der Waals surface area contributed by atoms with Crippen molar-refractivity contribution in [1.82, 2.24) is 4.31 Å². The van der Waals surface area contributed by atoms with Gasteiger partial charge in [0, 0.05) is 31.1 Å². The number of nitrogens with two attached hydrogens (primary N) is 1. The molecule has 1 saturated heterocycles. The fourth-order valence-electron chi connectivity index (χ4n) is 2.73. The lowest BCUT2D eigenvalue weighted by molar-refractivity contribution is 0.255. The van der Waals surface area contributed by atoms with Gasteiger partial charge in [0.1, 0.15) is 11.9 Å². The van der Waals surface area contributed by atoms with Crippen LogP contribution in [-0.4, -0.2) is 38.0 Å². The molecule has 2 N–H and O–H groups in total. The highest BCUT2D eigenvalue weighted by atomic mass is 35.5. The van der Waals surface area contributed by atoms with E-state index in [0.29, 0.717) is 36.7 Å². The van der Waals surface area contributed by atoms with Gasteiger partial charge in [0.15, 0.2) is 0 Å². The van der Waals surface area contributed by atoms with Crippen molar-refractivity contribution in [2.24, 2.45) is 5.73 Å². The van der Waals surface area contributed by atoms with Crippen LogP contribution in [0.25, 0.3) is 0 Å². The van der Waals surface area contributed by atoms with E-state index in [1.54, 1.807) is 6.07 Å². The number of ether oxygens (including phenoxy) is 1. The second-order valence-electron chi connectivity index (χ2n) is 5.44. The standard InChI is InChI=1S/C13H17ClN2O3S/c1-8-4-9-5-11(6-12(14)13(9)19-8)20(17,18)16-3-2-10(15)7-16/h5-6,8,10H,2-4,7,15H2,1H3/t8?,10-/m0/s1. The first-order valence-corrected chi connectivity index (χ1v) is 8.44. The molecular weight excluding hydrogens is 300 g/mol. The van der Waals surface area contributed by atoms with Crippen molar-refractivity contribution in [3.8, 4) is 5.75 Å². The summed E-state index contributed by atoms with van der Waals surface area (Å²) in [5.74, 6) is 0.608. The Hall–Kier alpha value is -0.820. The Morgan fingerprint density at radius 3 is 2.85 bits per heavy atom. The SMILES string of the molecule is CC1Cc2cc(S(=O)(=O)N3CC[C@H](N)C3)cc(Cl)c2O1. The van der Waals surface area contributed by atoms with E-state index in [1.165, 1.54) is 10.4 Å². The van der Waals surface area contributed by atoms with Gasteiger partial charge in [-0.25, -0.2) is 8.42 Å². The van der Waals surface area contributed by atoms with Gasteiger partial charge in [-0.05, 0) is 25.5 Å². The van der Waals surface area contributed by atoms with Crippen LogP contribution in [0.3, 0.4) is 0 Å². The van der Waals surface area contributed by atoms with Crippen molar-refractivity contribution in [1.29, 1.82) is 0 Å². The molecule has 0 amide bonds. The monoisotopic (exact) mass is 316 g/mol. The van der Waals surface area contributed by atoms with Crippen LogP contribution in [0.4, 0.5) is 0 Å². The second kappa shape index (κ2) is 4.87. The Morgan fingerprint density at radius 2 is 2.20 bits per heavy atom. The van der Waals surface area contributed by atoms with Crippen molar-refractivity contribution in [3.05, 3.63) is 22.7 Å². The maximum absolute atomic E-state index is 12.6. The van der Waals surface area contributed by atoms with Crippen LogP contribution >= 0.6 is 11.6 Å². The molecule has 0 bridgehead atoms. The van der Waals surface area contributed by atoms with Gasteiger partial charge < -0.3 is 10.5 Å². The van der Waals surface area contributed by atoms with Gasteiger partial charge >= 0.3 is 0 Å². The highest BCUT2D eigenvalue weighted by Crippen LogP contribution is 2.38. The van der Waals surface area contributed by atoms with E-state index in [9.17, 15) is 8.42 Å². The topological polar surface area (TPSA) is 72.6 Å². The Labute approximate surface area is 123 Å². The first kappa shape index (κ1) is 14.1. The van der Waals surface area contributed by atoms with E-state index in [0.717, 1.165) is 5.56 Å². The van der Waals surface area contributed by atoms with E-state index in [4.69, 9.17) is 22.1 Å². The highest BCUT2D eigenvalue weighted by Gasteiger charge is 2.33. The van der Waals surface area contributed by atoms with Gasteiger partial charge in [0.2, 0.25) is 10.0 Å². The smallest absolute Gasteiger partial charge is 0.243 e. The maximum Gasteiger partial charge on any atom is 0.243 e. The summed E-state index contributed by atoms with van der Waals surface area (Å²) in [6.07, 6.45) is 1.40. The van der Waals surface area contributed by atoms with E-state index in [2.05, 4.69) is 0 Å². The third-order valence-corrected chi connectivity index (χ3v) is 5.87. The molecule has 110 valence electrons. The number of fused-ring (bicyclic) bond motifs is 1. The van der Waals surface area contributed by atoms with E-state index in [-0.39, 0.29) is 17.0 Å². The van der Waals surface area contributed by atoms with Crippen LogP contribution < -0.4 is 10.5 Å². The highest BCUT2D eigenvalue weighted by molar-refractivity contribution is 7.89. The molecule has 5 nitrogen and oxygen atoms in total. The van der Waals surface area contributed by atoms with Gasteiger partial charge in [-0.1, -0.05) is 11.6 Å². The summed E-state index contributed by atoms with van der Waals surface area (Å²) in [5, 5.41) is 0.355. The molecular formula is C13H17ClN2O3S. The molecule has 1 aromatic carbocycles. The Morgan fingerprint density at radius 1 is 1.45 bits per heavy atom. The van der Waals surface area contributed by atoms with E-state index in [1.807, 2.05) is 6.92 Å². The lowest BCUT2D eigenvalue weighted by atomic mass is 10.1. The van der Waals surface area contributed by atoms with Gasteiger partial charge in [-0.2, -0.15) is 4.31 Å². The molecule has 1 unspecified atom stereocenters. The molecule has 0 aromatic heterocycles. The number of hydrogen-bond donors (Lipinski definition) is 1. The molecule has 1 fully saturated rings. The number of sulfonamides is 1. The first-order valence-electron chi connectivity index (χ1n) is 6.62. The van der Waals surface area contributed by atoms with E-state index < -0.39 is 10.0 Å². The minimum absolute atomic E-state index is 0.0284. The zero-order chi connectivity index (χ0) is 14.5. The predicted octanol–water partition coefficient (Wildman–Crippen LogP) is 1.39. The molecule has 7 heteroatoms. The number of rotatable bonds is 2. The first-order chi connectivity index (χ1) is 9.38.